The predicted molar refractivity (Wildman–Crippen MR) is 136 cm³/mol. The molecule has 37 heavy (non-hydrogen) atoms. The van der Waals surface area contributed by atoms with Crippen LogP contribution in [0.25, 0.3) is 0 Å². The largest absolute Gasteiger partial charge is 0.481 e. The van der Waals surface area contributed by atoms with Gasteiger partial charge in [-0.25, -0.2) is 0 Å². The highest BCUT2D eigenvalue weighted by Crippen LogP contribution is 2.25. The van der Waals surface area contributed by atoms with E-state index >= 15 is 0 Å². The summed E-state index contributed by atoms with van der Waals surface area (Å²) in [5.41, 5.74) is 0. The zero-order chi connectivity index (χ0) is 28.1. The Bertz CT molecular complexity index is 697. The molecule has 0 aliphatic heterocycles. The Labute approximate surface area is 219 Å². The van der Waals surface area contributed by atoms with Gasteiger partial charge >= 0.3 is 29.8 Å². The molecule has 0 radical (unpaired) electrons. The van der Waals surface area contributed by atoms with Crippen molar-refractivity contribution < 1.29 is 49.1 Å². The number of carboxylic acids is 4. The van der Waals surface area contributed by atoms with Gasteiger partial charge in [0.2, 0.25) is 0 Å². The number of unbranched alkanes of at least 4 members (excludes halogenated alkanes) is 11. The molecule has 0 aromatic rings. The molecule has 0 saturated heterocycles. The van der Waals surface area contributed by atoms with E-state index in [1.54, 1.807) is 0 Å². The molecule has 0 rings (SSSR count). The first-order chi connectivity index (χ1) is 17.6. The number of allylic oxidation sites excluding steroid dienone is 2. The number of hydrogen-bond acceptors (Lipinski definition) is 6. The first-order valence-corrected chi connectivity index (χ1v) is 13.3. The van der Waals surface area contributed by atoms with Crippen LogP contribution in [0.4, 0.5) is 0 Å². The molecule has 2 unspecified atom stereocenters. The number of hydrogen-bond donors (Lipinski definition) is 4. The lowest BCUT2D eigenvalue weighted by atomic mass is 9.86. The number of aliphatic carboxylic acids is 4. The topological polar surface area (TPSA) is 176 Å². The van der Waals surface area contributed by atoms with E-state index in [4.69, 9.17) is 14.9 Å². The zero-order valence-electron chi connectivity index (χ0n) is 21.9. The molecule has 0 aromatic heterocycles. The van der Waals surface area contributed by atoms with E-state index in [1.165, 1.54) is 38.5 Å². The molecule has 212 valence electrons. The van der Waals surface area contributed by atoms with Crippen molar-refractivity contribution in [2.75, 3.05) is 0 Å². The minimum atomic E-state index is -1.92. The Morgan fingerprint density at radius 3 is 1.43 bits per heavy atom. The van der Waals surface area contributed by atoms with E-state index < -0.39 is 60.6 Å². The summed E-state index contributed by atoms with van der Waals surface area (Å²) < 4.78 is 5.08. The van der Waals surface area contributed by atoms with Crippen LogP contribution in [0, 0.1) is 11.8 Å². The molecular weight excluding hydrogens is 484 g/mol. The summed E-state index contributed by atoms with van der Waals surface area (Å²) >= 11 is 0. The van der Waals surface area contributed by atoms with E-state index in [-0.39, 0.29) is 6.42 Å². The van der Waals surface area contributed by atoms with Crippen LogP contribution >= 0.6 is 0 Å². The maximum absolute atomic E-state index is 12.3. The third-order valence-corrected chi connectivity index (χ3v) is 6.13. The molecular formula is C27H44O10. The summed E-state index contributed by atoms with van der Waals surface area (Å²) in [5.74, 6) is -11.1. The Kier molecular flexibility index (Phi) is 19.5. The Balaban J connectivity index is 4.45. The van der Waals surface area contributed by atoms with Crippen molar-refractivity contribution in [3.8, 4) is 0 Å². The summed E-state index contributed by atoms with van der Waals surface area (Å²) in [5, 5.41) is 36.8. The van der Waals surface area contributed by atoms with Crippen molar-refractivity contribution in [2.24, 2.45) is 11.8 Å². The molecule has 0 heterocycles. The Morgan fingerprint density at radius 2 is 1.03 bits per heavy atom. The molecule has 0 bridgehead atoms. The van der Waals surface area contributed by atoms with Gasteiger partial charge < -0.3 is 25.2 Å². The molecule has 0 saturated carbocycles. The van der Waals surface area contributed by atoms with E-state index in [0.717, 1.165) is 38.5 Å². The maximum atomic E-state index is 12.3. The fourth-order valence-corrected chi connectivity index (χ4v) is 4.06. The molecule has 2 atom stereocenters. The molecule has 0 aliphatic rings. The van der Waals surface area contributed by atoms with Crippen molar-refractivity contribution in [2.45, 2.75) is 116 Å². The number of rotatable bonds is 24. The molecule has 4 N–H and O–H groups in total. The van der Waals surface area contributed by atoms with Gasteiger partial charge in [0.15, 0.2) is 0 Å². The lowest BCUT2D eigenvalue weighted by molar-refractivity contribution is -0.173. The van der Waals surface area contributed by atoms with Gasteiger partial charge in [-0.1, -0.05) is 70.4 Å². The standard InChI is InChI=1S/C27H44O10/c1-2-3-4-5-6-7-8-9-10-11-12-13-14-15-16-17-24(32)37-25(20(26(33)34)18-22(28)29)21(27(35)36)19-23(30)31/h9-10,20-21,25H,2-8,11-19H2,1H3,(H,28,29)(H,30,31)(H,33,34)(H,35,36). The number of carbonyl (C=O) groups excluding carboxylic acids is 1. The van der Waals surface area contributed by atoms with E-state index in [9.17, 15) is 34.2 Å². The number of carbonyl (C=O) groups is 5. The molecule has 0 amide bonds. The monoisotopic (exact) mass is 528 g/mol. The van der Waals surface area contributed by atoms with Crippen LogP contribution in [0.1, 0.15) is 110 Å². The molecule has 0 fully saturated rings. The number of esters is 1. The second kappa shape index (κ2) is 21.2. The lowest BCUT2D eigenvalue weighted by Crippen LogP contribution is -2.43. The second-order valence-electron chi connectivity index (χ2n) is 9.37. The highest BCUT2D eigenvalue weighted by molar-refractivity contribution is 5.83. The fraction of sp³-hybridized carbons (Fsp3) is 0.741. The van der Waals surface area contributed by atoms with Crippen molar-refractivity contribution in [3.63, 3.8) is 0 Å². The van der Waals surface area contributed by atoms with Crippen LogP contribution in [0.2, 0.25) is 0 Å². The van der Waals surface area contributed by atoms with Crippen molar-refractivity contribution in [1.82, 2.24) is 0 Å². The van der Waals surface area contributed by atoms with Crippen molar-refractivity contribution in [1.29, 1.82) is 0 Å². The third kappa shape index (κ3) is 18.1. The minimum absolute atomic E-state index is 0.104. The van der Waals surface area contributed by atoms with Gasteiger partial charge in [-0.2, -0.15) is 0 Å². The van der Waals surface area contributed by atoms with Gasteiger partial charge in [-0.3, -0.25) is 24.0 Å². The highest BCUT2D eigenvalue weighted by atomic mass is 16.5. The number of ether oxygens (including phenoxy) is 1. The van der Waals surface area contributed by atoms with Crippen LogP contribution in [0.5, 0.6) is 0 Å². The van der Waals surface area contributed by atoms with Gasteiger partial charge in [0, 0.05) is 6.42 Å². The molecule has 0 spiro atoms. The molecule has 10 heteroatoms. The van der Waals surface area contributed by atoms with Gasteiger partial charge in [0.25, 0.3) is 0 Å². The van der Waals surface area contributed by atoms with Crippen LogP contribution < -0.4 is 0 Å². The quantitative estimate of drug-likeness (QED) is 0.0731. The summed E-state index contributed by atoms with van der Waals surface area (Å²) in [7, 11) is 0. The van der Waals surface area contributed by atoms with Crippen LogP contribution in [0.3, 0.4) is 0 Å². The first-order valence-electron chi connectivity index (χ1n) is 13.3. The molecule has 0 aliphatic carbocycles. The van der Waals surface area contributed by atoms with Crippen LogP contribution in [0.15, 0.2) is 12.2 Å². The van der Waals surface area contributed by atoms with Crippen molar-refractivity contribution in [3.05, 3.63) is 12.2 Å². The Hall–Kier alpha value is -2.91. The summed E-state index contributed by atoms with van der Waals surface area (Å²) in [6.07, 6.45) is 14.3. The highest BCUT2D eigenvalue weighted by Gasteiger charge is 2.43. The summed E-state index contributed by atoms with van der Waals surface area (Å²) in [6.45, 7) is 2.21. The lowest BCUT2D eigenvalue weighted by Gasteiger charge is -2.27. The van der Waals surface area contributed by atoms with E-state index in [1.807, 2.05) is 0 Å². The van der Waals surface area contributed by atoms with Crippen molar-refractivity contribution >= 4 is 29.8 Å². The second-order valence-corrected chi connectivity index (χ2v) is 9.37. The van der Waals surface area contributed by atoms with Crippen LogP contribution in [-0.4, -0.2) is 56.4 Å². The minimum Gasteiger partial charge on any atom is -0.481 e. The van der Waals surface area contributed by atoms with E-state index in [0.29, 0.717) is 6.42 Å². The fourth-order valence-electron chi connectivity index (χ4n) is 4.06. The average Bonchev–Trinajstić information content (AvgIpc) is 2.81. The Morgan fingerprint density at radius 1 is 0.622 bits per heavy atom. The first kappa shape index (κ1) is 34.1. The van der Waals surface area contributed by atoms with Gasteiger partial charge in [0.1, 0.15) is 17.9 Å². The van der Waals surface area contributed by atoms with Gasteiger partial charge in [-0.05, 0) is 32.1 Å². The maximum Gasteiger partial charge on any atom is 0.310 e. The normalized spacial score (nSPS) is 13.6. The predicted octanol–water partition coefficient (Wildman–Crippen LogP) is 5.29. The number of carboxylic acid groups (broad SMARTS) is 4. The average molecular weight is 529 g/mol. The summed E-state index contributed by atoms with van der Waals surface area (Å²) in [4.78, 5) is 57.6. The zero-order valence-corrected chi connectivity index (χ0v) is 21.9. The molecule has 0 aromatic carbocycles. The summed E-state index contributed by atoms with van der Waals surface area (Å²) in [6, 6.07) is 0. The molecule has 10 nitrogen and oxygen atoms in total. The smallest absolute Gasteiger partial charge is 0.310 e. The van der Waals surface area contributed by atoms with Crippen LogP contribution in [-0.2, 0) is 28.7 Å². The van der Waals surface area contributed by atoms with Gasteiger partial charge in [-0.15, -0.1) is 0 Å². The third-order valence-electron chi connectivity index (χ3n) is 6.13. The van der Waals surface area contributed by atoms with Gasteiger partial charge in [0.05, 0.1) is 12.8 Å². The van der Waals surface area contributed by atoms with E-state index in [2.05, 4.69) is 19.1 Å². The SMILES string of the molecule is CCCCCCCCC=CCCCCCCCC(=O)OC(C(CC(=O)O)C(=O)O)C(CC(=O)O)C(=O)O.